The van der Waals surface area contributed by atoms with Crippen molar-refractivity contribution < 1.29 is 4.79 Å². The molecule has 1 saturated heterocycles. The summed E-state index contributed by atoms with van der Waals surface area (Å²) in [6, 6.07) is 14.6. The van der Waals surface area contributed by atoms with E-state index in [1.54, 1.807) is 22.7 Å². The average Bonchev–Trinajstić information content (AvgIpc) is 3.36. The van der Waals surface area contributed by atoms with Gasteiger partial charge in [0.2, 0.25) is 5.91 Å². The number of thiophene rings is 1. The summed E-state index contributed by atoms with van der Waals surface area (Å²) in [6.45, 7) is 0.858. The van der Waals surface area contributed by atoms with Gasteiger partial charge in [-0.3, -0.25) is 4.79 Å². The molecule has 3 heterocycles. The Balaban J connectivity index is 1.47. The van der Waals surface area contributed by atoms with E-state index < -0.39 is 0 Å². The molecule has 0 unspecified atom stereocenters. The van der Waals surface area contributed by atoms with E-state index in [0.29, 0.717) is 6.42 Å². The second-order valence-electron chi connectivity index (χ2n) is 5.95. The summed E-state index contributed by atoms with van der Waals surface area (Å²) in [5.74, 6) is 0.191. The molecular weight excluding hydrogens is 336 g/mol. The average molecular weight is 355 g/mol. The molecule has 1 aromatic carbocycles. The van der Waals surface area contributed by atoms with Gasteiger partial charge in [0.25, 0.3) is 0 Å². The first-order chi connectivity index (χ1) is 11.8. The van der Waals surface area contributed by atoms with Crippen molar-refractivity contribution in [2.75, 3.05) is 6.54 Å². The SMILES string of the molecule is O=C(Cc1csc(-c2ccccc2)n1)N1CCC[C@H]1c1cccs1. The van der Waals surface area contributed by atoms with E-state index in [1.807, 2.05) is 28.5 Å². The Hall–Kier alpha value is -1.98. The van der Waals surface area contributed by atoms with Gasteiger partial charge in [-0.1, -0.05) is 36.4 Å². The molecule has 1 aliphatic rings. The second-order valence-corrected chi connectivity index (χ2v) is 7.78. The number of carbonyl (C=O) groups is 1. The van der Waals surface area contributed by atoms with Crippen LogP contribution in [0.1, 0.15) is 29.5 Å². The zero-order valence-corrected chi connectivity index (χ0v) is 14.9. The Kier molecular flexibility index (Phi) is 4.45. The van der Waals surface area contributed by atoms with Crippen molar-refractivity contribution in [3.63, 3.8) is 0 Å². The quantitative estimate of drug-likeness (QED) is 0.676. The van der Waals surface area contributed by atoms with Crippen LogP contribution < -0.4 is 0 Å². The second kappa shape index (κ2) is 6.87. The van der Waals surface area contributed by atoms with Gasteiger partial charge in [-0.25, -0.2) is 4.98 Å². The fourth-order valence-electron chi connectivity index (χ4n) is 3.20. The largest absolute Gasteiger partial charge is 0.335 e. The van der Waals surface area contributed by atoms with Crippen LogP contribution in [-0.4, -0.2) is 22.3 Å². The molecule has 1 amide bonds. The Labute approximate surface area is 149 Å². The maximum absolute atomic E-state index is 12.8. The number of amides is 1. The summed E-state index contributed by atoms with van der Waals surface area (Å²) in [5, 5.41) is 5.08. The van der Waals surface area contributed by atoms with Gasteiger partial charge in [-0.2, -0.15) is 0 Å². The number of likely N-dealkylation sites (tertiary alicyclic amines) is 1. The zero-order valence-electron chi connectivity index (χ0n) is 13.2. The third-order valence-electron chi connectivity index (χ3n) is 4.35. The van der Waals surface area contributed by atoms with Gasteiger partial charge >= 0.3 is 0 Å². The van der Waals surface area contributed by atoms with Crippen LogP contribution in [0.2, 0.25) is 0 Å². The topological polar surface area (TPSA) is 33.2 Å². The predicted molar refractivity (Wildman–Crippen MR) is 99.3 cm³/mol. The molecule has 3 nitrogen and oxygen atoms in total. The van der Waals surface area contributed by atoms with Crippen molar-refractivity contribution >= 4 is 28.6 Å². The summed E-state index contributed by atoms with van der Waals surface area (Å²) in [6.07, 6.45) is 2.55. The fraction of sp³-hybridized carbons (Fsp3) is 0.263. The molecule has 3 aromatic rings. The Bertz CT molecular complexity index is 811. The summed E-state index contributed by atoms with van der Waals surface area (Å²) >= 11 is 3.35. The van der Waals surface area contributed by atoms with Gasteiger partial charge in [0.05, 0.1) is 18.2 Å². The van der Waals surface area contributed by atoms with Crippen molar-refractivity contribution in [1.82, 2.24) is 9.88 Å². The number of thiazole rings is 1. The molecular formula is C19H18N2OS2. The van der Waals surface area contributed by atoms with Crippen LogP contribution in [0.25, 0.3) is 10.6 Å². The van der Waals surface area contributed by atoms with E-state index in [4.69, 9.17) is 0 Å². The van der Waals surface area contributed by atoms with Gasteiger partial charge in [0.1, 0.15) is 5.01 Å². The van der Waals surface area contributed by atoms with Crippen LogP contribution in [0.5, 0.6) is 0 Å². The molecule has 1 aliphatic heterocycles. The van der Waals surface area contributed by atoms with Gasteiger partial charge in [0, 0.05) is 22.4 Å². The van der Waals surface area contributed by atoms with E-state index in [1.165, 1.54) is 4.88 Å². The van der Waals surface area contributed by atoms with E-state index in [2.05, 4.69) is 34.6 Å². The van der Waals surface area contributed by atoms with Gasteiger partial charge in [-0.05, 0) is 24.3 Å². The number of hydrogen-bond donors (Lipinski definition) is 0. The van der Waals surface area contributed by atoms with Gasteiger partial charge in [0.15, 0.2) is 0 Å². The number of carbonyl (C=O) groups excluding carboxylic acids is 1. The number of hydrogen-bond acceptors (Lipinski definition) is 4. The monoisotopic (exact) mass is 354 g/mol. The first-order valence-corrected chi connectivity index (χ1v) is 9.90. The minimum Gasteiger partial charge on any atom is -0.335 e. The summed E-state index contributed by atoms with van der Waals surface area (Å²) in [5.41, 5.74) is 1.99. The predicted octanol–water partition coefficient (Wildman–Crippen LogP) is 4.78. The third kappa shape index (κ3) is 3.14. The van der Waals surface area contributed by atoms with E-state index >= 15 is 0 Å². The minimum absolute atomic E-state index is 0.191. The highest BCUT2D eigenvalue weighted by atomic mass is 32.1. The highest BCUT2D eigenvalue weighted by Gasteiger charge is 2.30. The number of benzene rings is 1. The molecule has 0 saturated carbocycles. The van der Waals surface area contributed by atoms with Crippen LogP contribution in [0.4, 0.5) is 0 Å². The maximum Gasteiger partial charge on any atom is 0.229 e. The standard InChI is InChI=1S/C19H18N2OS2/c22-18(21-10-4-8-16(21)17-9-5-11-23-17)12-15-13-24-19(20-15)14-6-2-1-3-7-14/h1-3,5-7,9,11,13,16H,4,8,10,12H2/t16-/m0/s1. The first kappa shape index (κ1) is 15.5. The molecule has 24 heavy (non-hydrogen) atoms. The molecule has 1 fully saturated rings. The summed E-state index contributed by atoms with van der Waals surface area (Å²) < 4.78 is 0. The van der Waals surface area contributed by atoms with Crippen molar-refractivity contribution in [3.05, 3.63) is 63.8 Å². The lowest BCUT2D eigenvalue weighted by Gasteiger charge is -2.23. The minimum atomic E-state index is 0.191. The van der Waals surface area contributed by atoms with E-state index in [0.717, 1.165) is 35.7 Å². The van der Waals surface area contributed by atoms with Gasteiger partial charge < -0.3 is 4.90 Å². The van der Waals surface area contributed by atoms with Crippen LogP contribution in [0.15, 0.2) is 53.2 Å². The molecule has 0 N–H and O–H groups in total. The molecule has 0 spiro atoms. The lowest BCUT2D eigenvalue weighted by atomic mass is 10.2. The third-order valence-corrected chi connectivity index (χ3v) is 6.26. The van der Waals surface area contributed by atoms with Crippen molar-refractivity contribution in [3.8, 4) is 10.6 Å². The number of rotatable bonds is 4. The van der Waals surface area contributed by atoms with Gasteiger partial charge in [-0.15, -0.1) is 22.7 Å². The molecule has 4 rings (SSSR count). The highest BCUT2D eigenvalue weighted by molar-refractivity contribution is 7.13. The Morgan fingerprint density at radius 3 is 2.83 bits per heavy atom. The molecule has 0 aliphatic carbocycles. The normalized spacial score (nSPS) is 17.3. The maximum atomic E-state index is 12.8. The summed E-state index contributed by atoms with van der Waals surface area (Å²) in [4.78, 5) is 20.7. The Morgan fingerprint density at radius 2 is 2.04 bits per heavy atom. The van der Waals surface area contributed by atoms with Crippen molar-refractivity contribution in [2.24, 2.45) is 0 Å². The fourth-order valence-corrected chi connectivity index (χ4v) is 4.90. The highest BCUT2D eigenvalue weighted by Crippen LogP contribution is 2.35. The van der Waals surface area contributed by atoms with Crippen LogP contribution in [-0.2, 0) is 11.2 Å². The van der Waals surface area contributed by atoms with Crippen LogP contribution >= 0.6 is 22.7 Å². The van der Waals surface area contributed by atoms with E-state index in [9.17, 15) is 4.79 Å². The van der Waals surface area contributed by atoms with E-state index in [-0.39, 0.29) is 11.9 Å². The number of nitrogens with zero attached hydrogens (tertiary/aromatic N) is 2. The van der Waals surface area contributed by atoms with Crippen LogP contribution in [0, 0.1) is 0 Å². The van der Waals surface area contributed by atoms with Crippen LogP contribution in [0.3, 0.4) is 0 Å². The molecule has 0 radical (unpaired) electrons. The molecule has 1 atom stereocenters. The lowest BCUT2D eigenvalue weighted by molar-refractivity contribution is -0.131. The molecule has 5 heteroatoms. The first-order valence-electron chi connectivity index (χ1n) is 8.14. The molecule has 122 valence electrons. The smallest absolute Gasteiger partial charge is 0.229 e. The van der Waals surface area contributed by atoms with Crippen molar-refractivity contribution in [2.45, 2.75) is 25.3 Å². The lowest BCUT2D eigenvalue weighted by Crippen LogP contribution is -2.31. The zero-order chi connectivity index (χ0) is 16.4. The molecule has 0 bridgehead atoms. The number of aromatic nitrogens is 1. The van der Waals surface area contributed by atoms with Crippen molar-refractivity contribution in [1.29, 1.82) is 0 Å². The molecule has 2 aromatic heterocycles. The Morgan fingerprint density at radius 1 is 1.17 bits per heavy atom. The summed E-state index contributed by atoms with van der Waals surface area (Å²) in [7, 11) is 0.